The van der Waals surface area contributed by atoms with Crippen LogP contribution in [0.5, 0.6) is 0 Å². The number of carbonyl (C=O) groups excluding carboxylic acids is 1. The third-order valence-corrected chi connectivity index (χ3v) is 4.55. The van der Waals surface area contributed by atoms with Gasteiger partial charge in [0, 0.05) is 44.1 Å². The molecule has 0 saturated carbocycles. The zero-order chi connectivity index (χ0) is 17.3. The lowest BCUT2D eigenvalue weighted by Gasteiger charge is -2.36. The first kappa shape index (κ1) is 16.6. The number of rotatable bonds is 3. The van der Waals surface area contributed by atoms with Crippen LogP contribution in [0.1, 0.15) is 35.6 Å². The van der Waals surface area contributed by atoms with Gasteiger partial charge in [0.1, 0.15) is 0 Å². The number of hydrogen-bond donors (Lipinski definition) is 0. The lowest BCUT2D eigenvalue weighted by atomic mass is 10.2. The van der Waals surface area contributed by atoms with E-state index in [1.165, 1.54) is 0 Å². The SMILES string of the molecule is Cc1cc(C)n(-c2ccc(C(=O)N3CCN(C(C)C)CC3)cn2)n1. The predicted octanol–water partition coefficient (Wildman–Crippen LogP) is 2.05. The van der Waals surface area contributed by atoms with Crippen LogP contribution in [0.4, 0.5) is 0 Å². The van der Waals surface area contributed by atoms with E-state index in [4.69, 9.17) is 0 Å². The van der Waals surface area contributed by atoms with Gasteiger partial charge in [-0.1, -0.05) is 0 Å². The highest BCUT2D eigenvalue weighted by atomic mass is 16.2. The molecule has 2 aromatic heterocycles. The molecule has 3 heterocycles. The molecule has 3 rings (SSSR count). The average Bonchev–Trinajstić information content (AvgIpc) is 2.93. The second-order valence-corrected chi connectivity index (χ2v) is 6.67. The van der Waals surface area contributed by atoms with Gasteiger partial charge in [0.15, 0.2) is 5.82 Å². The van der Waals surface area contributed by atoms with Crippen molar-refractivity contribution in [2.45, 2.75) is 33.7 Å². The van der Waals surface area contributed by atoms with Crippen molar-refractivity contribution in [3.63, 3.8) is 0 Å². The normalized spacial score (nSPS) is 16.0. The van der Waals surface area contributed by atoms with E-state index in [0.717, 1.165) is 43.4 Å². The summed E-state index contributed by atoms with van der Waals surface area (Å²) in [6, 6.07) is 6.24. The Morgan fingerprint density at radius 1 is 1.12 bits per heavy atom. The van der Waals surface area contributed by atoms with E-state index in [9.17, 15) is 4.79 Å². The Bertz CT molecular complexity index is 712. The Hall–Kier alpha value is -2.21. The van der Waals surface area contributed by atoms with Gasteiger partial charge in [-0.25, -0.2) is 9.67 Å². The largest absolute Gasteiger partial charge is 0.336 e. The lowest BCUT2D eigenvalue weighted by molar-refractivity contribution is 0.0595. The van der Waals surface area contributed by atoms with Crippen LogP contribution in [0.25, 0.3) is 5.82 Å². The summed E-state index contributed by atoms with van der Waals surface area (Å²) in [5.41, 5.74) is 2.62. The summed E-state index contributed by atoms with van der Waals surface area (Å²) in [4.78, 5) is 21.4. The van der Waals surface area contributed by atoms with Crippen LogP contribution in [-0.4, -0.2) is 62.7 Å². The van der Waals surface area contributed by atoms with E-state index in [-0.39, 0.29) is 5.91 Å². The van der Waals surface area contributed by atoms with Crippen molar-refractivity contribution in [2.24, 2.45) is 0 Å². The second-order valence-electron chi connectivity index (χ2n) is 6.67. The molecule has 0 bridgehead atoms. The third kappa shape index (κ3) is 3.33. The quantitative estimate of drug-likeness (QED) is 0.866. The van der Waals surface area contributed by atoms with Gasteiger partial charge in [-0.2, -0.15) is 5.10 Å². The molecule has 6 nitrogen and oxygen atoms in total. The maximum atomic E-state index is 12.6. The molecule has 0 radical (unpaired) electrons. The molecule has 0 spiro atoms. The number of pyridine rings is 1. The standard InChI is InChI=1S/C18H25N5O/c1-13(2)21-7-9-22(10-8-21)18(24)16-5-6-17(19-12-16)23-15(4)11-14(3)20-23/h5-6,11-13H,7-10H2,1-4H3. The van der Waals surface area contributed by atoms with Gasteiger partial charge < -0.3 is 4.90 Å². The molecule has 0 atom stereocenters. The molecule has 1 aliphatic rings. The topological polar surface area (TPSA) is 54.3 Å². The number of nitrogens with zero attached hydrogens (tertiary/aromatic N) is 5. The van der Waals surface area contributed by atoms with Gasteiger partial charge in [-0.05, 0) is 45.9 Å². The highest BCUT2D eigenvalue weighted by molar-refractivity contribution is 5.94. The van der Waals surface area contributed by atoms with E-state index < -0.39 is 0 Å². The van der Waals surface area contributed by atoms with E-state index in [1.54, 1.807) is 10.9 Å². The molecule has 1 amide bonds. The molecule has 0 N–H and O–H groups in total. The first-order valence-electron chi connectivity index (χ1n) is 8.48. The second kappa shape index (κ2) is 6.73. The molecule has 1 saturated heterocycles. The van der Waals surface area contributed by atoms with Gasteiger partial charge in [0.25, 0.3) is 5.91 Å². The van der Waals surface area contributed by atoms with Gasteiger partial charge in [0.05, 0.1) is 11.3 Å². The highest BCUT2D eigenvalue weighted by Crippen LogP contribution is 2.13. The van der Waals surface area contributed by atoms with Crippen LogP contribution in [0.2, 0.25) is 0 Å². The molecular formula is C18H25N5O. The lowest BCUT2D eigenvalue weighted by Crippen LogP contribution is -2.50. The summed E-state index contributed by atoms with van der Waals surface area (Å²) in [7, 11) is 0. The van der Waals surface area contributed by atoms with Crippen molar-refractivity contribution < 1.29 is 4.79 Å². The number of amides is 1. The molecular weight excluding hydrogens is 302 g/mol. The van der Waals surface area contributed by atoms with Crippen LogP contribution in [0.3, 0.4) is 0 Å². The van der Waals surface area contributed by atoms with Crippen LogP contribution in [0, 0.1) is 13.8 Å². The number of piperazine rings is 1. The van der Waals surface area contributed by atoms with Gasteiger partial charge in [-0.15, -0.1) is 0 Å². The summed E-state index contributed by atoms with van der Waals surface area (Å²) in [6.45, 7) is 11.7. The molecule has 0 aromatic carbocycles. The summed E-state index contributed by atoms with van der Waals surface area (Å²) in [5.74, 6) is 0.799. The van der Waals surface area contributed by atoms with Crippen molar-refractivity contribution in [3.05, 3.63) is 41.3 Å². The van der Waals surface area contributed by atoms with Gasteiger partial charge >= 0.3 is 0 Å². The maximum Gasteiger partial charge on any atom is 0.255 e. The number of aromatic nitrogens is 3. The predicted molar refractivity (Wildman–Crippen MR) is 93.4 cm³/mol. The Balaban J connectivity index is 1.70. The van der Waals surface area contributed by atoms with Crippen molar-refractivity contribution >= 4 is 5.91 Å². The highest BCUT2D eigenvalue weighted by Gasteiger charge is 2.23. The molecule has 24 heavy (non-hydrogen) atoms. The van der Waals surface area contributed by atoms with Crippen molar-refractivity contribution in [3.8, 4) is 5.82 Å². The first-order chi connectivity index (χ1) is 11.5. The van der Waals surface area contributed by atoms with Crippen LogP contribution < -0.4 is 0 Å². The summed E-state index contributed by atoms with van der Waals surface area (Å²) >= 11 is 0. The molecule has 1 aliphatic heterocycles. The Kier molecular flexibility index (Phi) is 4.66. The molecule has 0 unspecified atom stereocenters. The fourth-order valence-electron chi connectivity index (χ4n) is 3.12. The van der Waals surface area contributed by atoms with Gasteiger partial charge in [0.2, 0.25) is 0 Å². The monoisotopic (exact) mass is 327 g/mol. The summed E-state index contributed by atoms with van der Waals surface area (Å²) in [5, 5.41) is 4.42. The zero-order valence-electron chi connectivity index (χ0n) is 14.9. The number of carbonyl (C=O) groups is 1. The Morgan fingerprint density at radius 2 is 1.83 bits per heavy atom. The fourth-order valence-corrected chi connectivity index (χ4v) is 3.12. The first-order valence-corrected chi connectivity index (χ1v) is 8.48. The fraction of sp³-hybridized carbons (Fsp3) is 0.500. The zero-order valence-corrected chi connectivity index (χ0v) is 14.9. The Labute approximate surface area is 143 Å². The van der Waals surface area contributed by atoms with Crippen molar-refractivity contribution in [1.82, 2.24) is 24.6 Å². The van der Waals surface area contributed by atoms with E-state index in [1.807, 2.05) is 36.9 Å². The third-order valence-electron chi connectivity index (χ3n) is 4.55. The van der Waals surface area contributed by atoms with E-state index in [0.29, 0.717) is 11.6 Å². The molecule has 0 aliphatic carbocycles. The maximum absolute atomic E-state index is 12.6. The minimum absolute atomic E-state index is 0.0609. The van der Waals surface area contributed by atoms with Gasteiger partial charge in [-0.3, -0.25) is 9.69 Å². The van der Waals surface area contributed by atoms with Crippen LogP contribution in [0.15, 0.2) is 24.4 Å². The summed E-state index contributed by atoms with van der Waals surface area (Å²) < 4.78 is 1.80. The molecule has 1 fully saturated rings. The van der Waals surface area contributed by atoms with Crippen LogP contribution in [-0.2, 0) is 0 Å². The van der Waals surface area contributed by atoms with Crippen molar-refractivity contribution in [1.29, 1.82) is 0 Å². The minimum Gasteiger partial charge on any atom is -0.336 e. The molecule has 6 heteroatoms. The minimum atomic E-state index is 0.0609. The Morgan fingerprint density at radius 3 is 2.33 bits per heavy atom. The summed E-state index contributed by atoms with van der Waals surface area (Å²) in [6.07, 6.45) is 1.66. The van der Waals surface area contributed by atoms with E-state index >= 15 is 0 Å². The number of hydrogen-bond acceptors (Lipinski definition) is 4. The number of aryl methyl sites for hydroxylation is 2. The molecule has 2 aromatic rings. The van der Waals surface area contributed by atoms with E-state index in [2.05, 4.69) is 28.8 Å². The van der Waals surface area contributed by atoms with Crippen LogP contribution >= 0.6 is 0 Å². The average molecular weight is 327 g/mol. The van der Waals surface area contributed by atoms with Crippen molar-refractivity contribution in [2.75, 3.05) is 26.2 Å². The smallest absolute Gasteiger partial charge is 0.255 e. The molecule has 128 valence electrons.